The molecular weight excluding hydrogens is 516 g/mol. The number of halogens is 1. The minimum Gasteiger partial charge on any atom is -0.489 e. The lowest BCUT2D eigenvalue weighted by molar-refractivity contribution is 0.0491. The zero-order chi connectivity index (χ0) is 24.9. The van der Waals surface area contributed by atoms with E-state index >= 15 is 0 Å². The molecule has 8 heteroatoms. The molecule has 4 rings (SSSR count). The number of ether oxygens (including phenoxy) is 3. The molecule has 35 heavy (non-hydrogen) atoms. The van der Waals surface area contributed by atoms with Crippen molar-refractivity contribution in [2.24, 2.45) is 0 Å². The Morgan fingerprint density at radius 1 is 0.943 bits per heavy atom. The Balaban J connectivity index is 1.68. The third-order valence-corrected chi connectivity index (χ3v) is 5.77. The van der Waals surface area contributed by atoms with Crippen LogP contribution in [0.15, 0.2) is 80.4 Å². The number of carbonyl (C=O) groups excluding carboxylic acids is 2. The predicted molar refractivity (Wildman–Crippen MR) is 134 cm³/mol. The number of rotatable bonds is 7. The first kappa shape index (κ1) is 24.2. The van der Waals surface area contributed by atoms with E-state index in [9.17, 15) is 14.4 Å². The number of hydrogen-bond acceptors (Lipinski definition) is 7. The van der Waals surface area contributed by atoms with E-state index in [0.29, 0.717) is 22.3 Å². The zero-order valence-corrected chi connectivity index (χ0v) is 20.6. The molecule has 0 spiro atoms. The summed E-state index contributed by atoms with van der Waals surface area (Å²) >= 11 is 3.37. The zero-order valence-electron chi connectivity index (χ0n) is 19.0. The monoisotopic (exact) mass is 536 g/mol. The molecule has 0 aliphatic rings. The first-order valence-corrected chi connectivity index (χ1v) is 11.5. The van der Waals surface area contributed by atoms with Crippen LogP contribution in [0.25, 0.3) is 22.1 Å². The predicted octanol–water partition coefficient (Wildman–Crippen LogP) is 5.76. The lowest BCUT2D eigenvalue weighted by atomic mass is 10.0. The summed E-state index contributed by atoms with van der Waals surface area (Å²) in [7, 11) is 1.33. The average Bonchev–Trinajstić information content (AvgIpc) is 2.88. The van der Waals surface area contributed by atoms with E-state index in [2.05, 4.69) is 15.9 Å². The highest BCUT2D eigenvalue weighted by Gasteiger charge is 2.23. The summed E-state index contributed by atoms with van der Waals surface area (Å²) in [5.41, 5.74) is 1.82. The van der Waals surface area contributed by atoms with E-state index in [1.165, 1.54) is 7.11 Å². The van der Waals surface area contributed by atoms with Crippen LogP contribution in [0.3, 0.4) is 0 Å². The van der Waals surface area contributed by atoms with E-state index in [4.69, 9.17) is 18.6 Å². The van der Waals surface area contributed by atoms with E-state index in [1.54, 1.807) is 73.7 Å². The van der Waals surface area contributed by atoms with Gasteiger partial charge in [-0.2, -0.15) is 0 Å². The van der Waals surface area contributed by atoms with Gasteiger partial charge in [-0.1, -0.05) is 40.2 Å². The first-order valence-electron chi connectivity index (χ1n) is 10.7. The van der Waals surface area contributed by atoms with Gasteiger partial charge in [0, 0.05) is 10.5 Å². The van der Waals surface area contributed by atoms with E-state index in [-0.39, 0.29) is 35.5 Å². The van der Waals surface area contributed by atoms with E-state index in [0.717, 1.165) is 10.0 Å². The van der Waals surface area contributed by atoms with Crippen molar-refractivity contribution in [1.82, 2.24) is 0 Å². The van der Waals surface area contributed by atoms with Crippen molar-refractivity contribution in [3.63, 3.8) is 0 Å². The number of hydrogen-bond donors (Lipinski definition) is 0. The Bertz CT molecular complexity index is 1440. The highest BCUT2D eigenvalue weighted by atomic mass is 79.9. The molecule has 0 aliphatic heterocycles. The van der Waals surface area contributed by atoms with Gasteiger partial charge in [0.2, 0.25) is 11.2 Å². The van der Waals surface area contributed by atoms with Crippen molar-refractivity contribution < 1.29 is 28.2 Å². The van der Waals surface area contributed by atoms with Crippen LogP contribution in [0.5, 0.6) is 5.75 Å². The van der Waals surface area contributed by atoms with Crippen molar-refractivity contribution >= 4 is 38.8 Å². The second kappa shape index (κ2) is 10.6. The summed E-state index contributed by atoms with van der Waals surface area (Å²) in [6.07, 6.45) is 0. The summed E-state index contributed by atoms with van der Waals surface area (Å²) in [6.45, 7) is 2.04. The quantitative estimate of drug-likeness (QED) is 0.277. The molecular formula is C27H21BrO7. The van der Waals surface area contributed by atoms with Gasteiger partial charge in [-0.05, 0) is 54.4 Å². The highest BCUT2D eigenvalue weighted by Crippen LogP contribution is 2.28. The van der Waals surface area contributed by atoms with Crippen LogP contribution in [0.4, 0.5) is 0 Å². The largest absolute Gasteiger partial charge is 0.489 e. The lowest BCUT2D eigenvalue weighted by Crippen LogP contribution is -2.15. The van der Waals surface area contributed by atoms with Crippen molar-refractivity contribution in [2.45, 2.75) is 13.5 Å². The van der Waals surface area contributed by atoms with Gasteiger partial charge in [-0.25, -0.2) is 9.59 Å². The SMILES string of the molecule is CCOC(=O)c1oc2cc(OCc3ccc(C(=O)OC)cc3)ccc2c(=O)c1-c1ccc(Br)cc1. The van der Waals surface area contributed by atoms with E-state index in [1.807, 2.05) is 0 Å². The van der Waals surface area contributed by atoms with Gasteiger partial charge in [0.25, 0.3) is 0 Å². The normalized spacial score (nSPS) is 10.7. The van der Waals surface area contributed by atoms with Gasteiger partial charge in [0.15, 0.2) is 0 Å². The van der Waals surface area contributed by atoms with Crippen molar-refractivity contribution in [1.29, 1.82) is 0 Å². The molecule has 0 unspecified atom stereocenters. The van der Waals surface area contributed by atoms with Crippen LogP contribution in [-0.4, -0.2) is 25.7 Å². The summed E-state index contributed by atoms with van der Waals surface area (Å²) < 4.78 is 22.4. The van der Waals surface area contributed by atoms with Gasteiger partial charge in [0.1, 0.15) is 17.9 Å². The molecule has 0 aliphatic carbocycles. The Morgan fingerprint density at radius 2 is 1.66 bits per heavy atom. The third kappa shape index (κ3) is 5.27. The Kier molecular flexibility index (Phi) is 7.31. The molecule has 0 bridgehead atoms. The minimum absolute atomic E-state index is 0.137. The molecule has 1 heterocycles. The molecule has 0 saturated heterocycles. The lowest BCUT2D eigenvalue weighted by Gasteiger charge is -2.11. The molecule has 0 saturated carbocycles. The summed E-state index contributed by atoms with van der Waals surface area (Å²) in [5.74, 6) is -0.852. The number of esters is 2. The maximum absolute atomic E-state index is 13.4. The second-order valence-electron chi connectivity index (χ2n) is 7.50. The van der Waals surface area contributed by atoms with Crippen LogP contribution in [-0.2, 0) is 16.1 Å². The maximum atomic E-state index is 13.4. The standard InChI is InChI=1S/C27H21BrO7/c1-3-33-27(31)25-23(17-8-10-19(28)11-9-17)24(29)21-13-12-20(14-22(21)35-25)34-15-16-4-6-18(7-5-16)26(30)32-2/h4-14H,3,15H2,1-2H3. The number of fused-ring (bicyclic) bond motifs is 1. The highest BCUT2D eigenvalue weighted by molar-refractivity contribution is 9.10. The molecule has 0 amide bonds. The smallest absolute Gasteiger partial charge is 0.375 e. The van der Waals surface area contributed by atoms with Gasteiger partial charge in [-0.3, -0.25) is 4.79 Å². The fourth-order valence-electron chi connectivity index (χ4n) is 3.50. The molecule has 4 aromatic rings. The van der Waals surface area contributed by atoms with Gasteiger partial charge >= 0.3 is 11.9 Å². The minimum atomic E-state index is -0.721. The van der Waals surface area contributed by atoms with E-state index < -0.39 is 11.9 Å². The van der Waals surface area contributed by atoms with Crippen molar-refractivity contribution in [2.75, 3.05) is 13.7 Å². The second-order valence-corrected chi connectivity index (χ2v) is 8.41. The topological polar surface area (TPSA) is 92.0 Å². The fourth-order valence-corrected chi connectivity index (χ4v) is 3.77. The first-order chi connectivity index (χ1) is 16.9. The Labute approximate surface area is 209 Å². The van der Waals surface area contributed by atoms with Crippen molar-refractivity contribution in [3.05, 3.63) is 98.3 Å². The molecule has 0 N–H and O–H groups in total. The number of methoxy groups -OCH3 is 1. The molecule has 178 valence electrons. The number of benzene rings is 3. The van der Waals surface area contributed by atoms with Crippen LogP contribution in [0, 0.1) is 0 Å². The Morgan fingerprint density at radius 3 is 2.31 bits per heavy atom. The maximum Gasteiger partial charge on any atom is 0.375 e. The van der Waals surface area contributed by atoms with Crippen LogP contribution < -0.4 is 10.2 Å². The van der Waals surface area contributed by atoms with Crippen LogP contribution in [0.1, 0.15) is 33.4 Å². The van der Waals surface area contributed by atoms with Gasteiger partial charge in [0.05, 0.1) is 30.2 Å². The van der Waals surface area contributed by atoms with Crippen molar-refractivity contribution in [3.8, 4) is 16.9 Å². The third-order valence-electron chi connectivity index (χ3n) is 5.24. The summed E-state index contributed by atoms with van der Waals surface area (Å²) in [4.78, 5) is 37.6. The molecule has 0 atom stereocenters. The fraction of sp³-hybridized carbons (Fsp3) is 0.148. The molecule has 0 fully saturated rings. The van der Waals surface area contributed by atoms with Crippen LogP contribution >= 0.6 is 15.9 Å². The average molecular weight is 537 g/mol. The van der Waals surface area contributed by atoms with Gasteiger partial charge in [-0.15, -0.1) is 0 Å². The van der Waals surface area contributed by atoms with Crippen LogP contribution in [0.2, 0.25) is 0 Å². The van der Waals surface area contributed by atoms with Gasteiger partial charge < -0.3 is 18.6 Å². The summed E-state index contributed by atoms with van der Waals surface area (Å²) in [6, 6.07) is 18.7. The molecule has 3 aromatic carbocycles. The molecule has 0 radical (unpaired) electrons. The molecule has 1 aromatic heterocycles. The Hall–Kier alpha value is -3.91. The summed E-state index contributed by atoms with van der Waals surface area (Å²) in [5, 5.41) is 0.311. The molecule has 7 nitrogen and oxygen atoms in total. The number of carbonyl (C=O) groups is 2.